The molecule has 18 heavy (non-hydrogen) atoms. The summed E-state index contributed by atoms with van der Waals surface area (Å²) in [6.45, 7) is 1.95. The van der Waals surface area contributed by atoms with E-state index in [1.165, 1.54) is 11.3 Å². The second kappa shape index (κ2) is 4.23. The zero-order valence-electron chi connectivity index (χ0n) is 9.62. The molecule has 0 unspecified atom stereocenters. The van der Waals surface area contributed by atoms with Crippen molar-refractivity contribution in [2.24, 2.45) is 0 Å². The minimum Gasteiger partial charge on any atom is -0.320 e. The Bertz CT molecular complexity index is 687. The summed E-state index contributed by atoms with van der Waals surface area (Å²) >= 11 is 1.40. The van der Waals surface area contributed by atoms with Crippen molar-refractivity contribution in [2.45, 2.75) is 6.92 Å². The highest BCUT2D eigenvalue weighted by Gasteiger charge is 2.12. The summed E-state index contributed by atoms with van der Waals surface area (Å²) in [6.07, 6.45) is 1.62. The molecule has 1 N–H and O–H groups in total. The Morgan fingerprint density at radius 1 is 1.39 bits per heavy atom. The quantitative estimate of drug-likeness (QED) is 0.767. The highest BCUT2D eigenvalue weighted by atomic mass is 32.1. The molecule has 1 aromatic carbocycles. The summed E-state index contributed by atoms with van der Waals surface area (Å²) in [5, 5.41) is 6.88. The number of para-hydroxylation sites is 1. The lowest BCUT2D eigenvalue weighted by Gasteiger charge is -2.05. The number of aryl methyl sites for hydroxylation is 1. The van der Waals surface area contributed by atoms with Crippen LogP contribution >= 0.6 is 11.3 Å². The van der Waals surface area contributed by atoms with Crippen molar-refractivity contribution in [1.82, 2.24) is 14.6 Å². The van der Waals surface area contributed by atoms with Gasteiger partial charge in [-0.25, -0.2) is 9.50 Å². The molecule has 0 radical (unpaired) electrons. The molecule has 0 bridgehead atoms. The molecular formula is C12H10N4OS. The zero-order valence-corrected chi connectivity index (χ0v) is 10.4. The van der Waals surface area contributed by atoms with Gasteiger partial charge in [0.15, 0.2) is 0 Å². The Hall–Kier alpha value is -2.21. The van der Waals surface area contributed by atoms with Crippen molar-refractivity contribution in [1.29, 1.82) is 0 Å². The summed E-state index contributed by atoms with van der Waals surface area (Å²) in [7, 11) is 0. The lowest BCUT2D eigenvalue weighted by molar-refractivity contribution is 0.102. The number of nitrogens with one attached hydrogen (secondary N) is 1. The molecule has 0 fully saturated rings. The molecule has 0 spiro atoms. The predicted molar refractivity (Wildman–Crippen MR) is 70.0 cm³/mol. The maximum absolute atomic E-state index is 12.0. The van der Waals surface area contributed by atoms with Gasteiger partial charge in [-0.3, -0.25) is 4.79 Å². The monoisotopic (exact) mass is 258 g/mol. The molecule has 2 aromatic heterocycles. The molecule has 0 saturated heterocycles. The van der Waals surface area contributed by atoms with Crippen LogP contribution in [0.5, 0.6) is 0 Å². The van der Waals surface area contributed by atoms with E-state index in [1.54, 1.807) is 16.2 Å². The van der Waals surface area contributed by atoms with Crippen molar-refractivity contribution >= 4 is 27.9 Å². The molecule has 0 aliphatic rings. The third kappa shape index (κ3) is 1.86. The molecule has 1 amide bonds. The van der Waals surface area contributed by atoms with E-state index in [9.17, 15) is 4.79 Å². The van der Waals surface area contributed by atoms with Crippen LogP contribution < -0.4 is 5.32 Å². The molecule has 0 atom stereocenters. The summed E-state index contributed by atoms with van der Waals surface area (Å²) in [6, 6.07) is 7.63. The van der Waals surface area contributed by atoms with E-state index in [0.717, 1.165) is 11.3 Å². The highest BCUT2D eigenvalue weighted by molar-refractivity contribution is 7.14. The fraction of sp³-hybridized carbons (Fsp3) is 0.0833. The molecule has 0 aliphatic heterocycles. The van der Waals surface area contributed by atoms with E-state index in [0.29, 0.717) is 10.7 Å². The average Bonchev–Trinajstić information content (AvgIpc) is 2.92. The fourth-order valence-corrected chi connectivity index (χ4v) is 2.25. The molecular weight excluding hydrogens is 248 g/mol. The summed E-state index contributed by atoms with van der Waals surface area (Å²) < 4.78 is 1.59. The number of benzene rings is 1. The predicted octanol–water partition coefficient (Wildman–Crippen LogP) is 2.35. The van der Waals surface area contributed by atoms with Crippen LogP contribution in [-0.4, -0.2) is 20.5 Å². The Balaban J connectivity index is 1.87. The number of aromatic nitrogens is 3. The minimum absolute atomic E-state index is 0.220. The van der Waals surface area contributed by atoms with Gasteiger partial charge in [0.05, 0.1) is 6.20 Å². The number of fused-ring (bicyclic) bond motifs is 1. The first-order valence-electron chi connectivity index (χ1n) is 5.40. The van der Waals surface area contributed by atoms with Gasteiger partial charge in [0.2, 0.25) is 4.96 Å². The van der Waals surface area contributed by atoms with E-state index in [2.05, 4.69) is 15.4 Å². The van der Waals surface area contributed by atoms with Crippen LogP contribution in [0, 0.1) is 6.92 Å². The second-order valence-electron chi connectivity index (χ2n) is 3.86. The Morgan fingerprint density at radius 2 is 2.22 bits per heavy atom. The molecule has 3 aromatic rings. The van der Waals surface area contributed by atoms with E-state index >= 15 is 0 Å². The minimum atomic E-state index is -0.220. The number of nitrogens with zero attached hydrogens (tertiary/aromatic N) is 3. The summed E-state index contributed by atoms with van der Waals surface area (Å²) in [5.74, 6) is -0.220. The van der Waals surface area contributed by atoms with Crippen LogP contribution in [0.2, 0.25) is 0 Å². The molecule has 0 saturated carbocycles. The van der Waals surface area contributed by atoms with Crippen LogP contribution in [-0.2, 0) is 0 Å². The number of hydrogen-bond donors (Lipinski definition) is 1. The lowest BCUT2D eigenvalue weighted by atomic mass is 10.2. The number of carbonyl (C=O) groups is 1. The molecule has 5 nitrogen and oxygen atoms in total. The van der Waals surface area contributed by atoms with Crippen LogP contribution in [0.25, 0.3) is 4.96 Å². The van der Waals surface area contributed by atoms with Gasteiger partial charge in [-0.05, 0) is 18.6 Å². The van der Waals surface area contributed by atoms with Gasteiger partial charge in [-0.15, -0.1) is 0 Å². The first kappa shape index (κ1) is 10.9. The van der Waals surface area contributed by atoms with Crippen LogP contribution in [0.4, 0.5) is 5.69 Å². The van der Waals surface area contributed by atoms with Gasteiger partial charge in [0, 0.05) is 5.69 Å². The van der Waals surface area contributed by atoms with Gasteiger partial charge in [0.25, 0.3) is 5.91 Å². The van der Waals surface area contributed by atoms with E-state index in [1.807, 2.05) is 31.2 Å². The van der Waals surface area contributed by atoms with Crippen LogP contribution in [0.1, 0.15) is 16.1 Å². The molecule has 3 rings (SSSR count). The van der Waals surface area contributed by atoms with Gasteiger partial charge in [0.1, 0.15) is 11.2 Å². The van der Waals surface area contributed by atoms with Gasteiger partial charge < -0.3 is 5.32 Å². The number of carbonyl (C=O) groups excluding carboxylic acids is 1. The first-order chi connectivity index (χ1) is 8.74. The van der Waals surface area contributed by atoms with Crippen LogP contribution in [0.15, 0.2) is 36.0 Å². The third-order valence-corrected chi connectivity index (χ3v) is 3.30. The van der Waals surface area contributed by atoms with E-state index in [4.69, 9.17) is 0 Å². The third-order valence-electron chi connectivity index (χ3n) is 2.61. The average molecular weight is 258 g/mol. The number of anilines is 1. The van der Waals surface area contributed by atoms with E-state index in [-0.39, 0.29) is 5.91 Å². The first-order valence-corrected chi connectivity index (χ1v) is 6.28. The molecule has 6 heteroatoms. The molecule has 0 aliphatic carbocycles. The smallest absolute Gasteiger partial charge is 0.275 e. The van der Waals surface area contributed by atoms with Gasteiger partial charge >= 0.3 is 0 Å². The van der Waals surface area contributed by atoms with Crippen molar-refractivity contribution in [3.63, 3.8) is 0 Å². The summed E-state index contributed by atoms with van der Waals surface area (Å²) in [4.78, 5) is 16.9. The Morgan fingerprint density at radius 3 is 3.00 bits per heavy atom. The van der Waals surface area contributed by atoms with E-state index < -0.39 is 0 Å². The molecule has 2 heterocycles. The zero-order chi connectivity index (χ0) is 12.5. The maximum atomic E-state index is 12.0. The van der Waals surface area contributed by atoms with Gasteiger partial charge in [-0.2, -0.15) is 5.10 Å². The van der Waals surface area contributed by atoms with Crippen molar-refractivity contribution in [3.8, 4) is 0 Å². The Labute approximate surface area is 107 Å². The van der Waals surface area contributed by atoms with Crippen molar-refractivity contribution in [3.05, 3.63) is 47.2 Å². The lowest BCUT2D eigenvalue weighted by Crippen LogP contribution is -2.13. The highest BCUT2D eigenvalue weighted by Crippen LogP contribution is 2.15. The largest absolute Gasteiger partial charge is 0.320 e. The SMILES string of the molecule is Cc1ccccc1NC(=O)c1cn2ncsc2n1. The second-order valence-corrected chi connectivity index (χ2v) is 4.67. The fourth-order valence-electron chi connectivity index (χ4n) is 1.65. The van der Waals surface area contributed by atoms with Crippen molar-refractivity contribution < 1.29 is 4.79 Å². The number of hydrogen-bond acceptors (Lipinski definition) is 4. The standard InChI is InChI=1S/C12H10N4OS/c1-8-4-2-3-5-9(8)14-11(17)10-6-16-12(15-10)18-7-13-16/h2-7H,1H3,(H,14,17). The van der Waals surface area contributed by atoms with Crippen molar-refractivity contribution in [2.75, 3.05) is 5.32 Å². The number of rotatable bonds is 2. The maximum Gasteiger partial charge on any atom is 0.275 e. The topological polar surface area (TPSA) is 59.3 Å². The number of imidazole rings is 1. The summed E-state index contributed by atoms with van der Waals surface area (Å²) in [5.41, 5.74) is 3.88. The molecule has 90 valence electrons. The normalized spacial score (nSPS) is 10.7. The Kier molecular flexibility index (Phi) is 2.56. The van der Waals surface area contributed by atoms with Gasteiger partial charge in [-0.1, -0.05) is 29.5 Å². The number of amides is 1. The van der Waals surface area contributed by atoms with Crippen LogP contribution in [0.3, 0.4) is 0 Å².